The van der Waals surface area contributed by atoms with Gasteiger partial charge in [0.1, 0.15) is 28.6 Å². The molecule has 0 unspecified atom stereocenters. The van der Waals surface area contributed by atoms with Gasteiger partial charge in [0.25, 0.3) is 0 Å². The van der Waals surface area contributed by atoms with Gasteiger partial charge < -0.3 is 0 Å². The molecule has 0 heterocycles. The van der Waals surface area contributed by atoms with Crippen molar-refractivity contribution in [3.05, 3.63) is 0 Å². The molecular formula is C3H10Cl4N2P2+2. The van der Waals surface area contributed by atoms with E-state index in [0.717, 1.165) is 0 Å². The summed E-state index contributed by atoms with van der Waals surface area (Å²) in [5.74, 6) is 0. The molecule has 0 aromatic rings. The lowest BCUT2D eigenvalue weighted by atomic mass is 11.0. The van der Waals surface area contributed by atoms with Crippen molar-refractivity contribution in [2.24, 2.45) is 0 Å². The minimum absolute atomic E-state index is 0.638. The molecule has 0 fully saturated rings. The highest BCUT2D eigenvalue weighted by Crippen LogP contribution is 2.76. The van der Waals surface area contributed by atoms with E-state index < -0.39 is 12.4 Å². The molecule has 0 saturated heterocycles. The van der Waals surface area contributed by atoms with Crippen molar-refractivity contribution in [2.75, 3.05) is 13.2 Å². The van der Waals surface area contributed by atoms with Crippen LogP contribution in [0, 0.1) is 0 Å². The van der Waals surface area contributed by atoms with E-state index in [1.165, 1.54) is 0 Å². The standard InChI is InChI=1S/C3H10Cl4N2P2/c1-3-10(4,5)9-11(6,7)8-2/h8-9H,3H2,1-2H3/q+2. The molecule has 0 aliphatic carbocycles. The fraction of sp³-hybridized carbons (Fsp3) is 1.00. The summed E-state index contributed by atoms with van der Waals surface area (Å²) < 4.78 is 0. The Morgan fingerprint density at radius 3 is 1.91 bits per heavy atom. The summed E-state index contributed by atoms with van der Waals surface area (Å²) in [6, 6.07) is 0. The second kappa shape index (κ2) is 4.98. The van der Waals surface area contributed by atoms with Gasteiger partial charge in [0.2, 0.25) is 0 Å². The molecule has 68 valence electrons. The van der Waals surface area contributed by atoms with Gasteiger partial charge in [0, 0.05) is 11.9 Å². The minimum Gasteiger partial charge on any atom is -0.147 e. The Morgan fingerprint density at radius 1 is 1.18 bits per heavy atom. The maximum atomic E-state index is 5.87. The molecule has 0 aliphatic heterocycles. The Kier molecular flexibility index (Phi) is 5.86. The molecule has 0 bridgehead atoms. The first kappa shape index (κ1) is 12.9. The summed E-state index contributed by atoms with van der Waals surface area (Å²) in [7, 11) is 1.66. The van der Waals surface area contributed by atoms with Crippen LogP contribution in [0.25, 0.3) is 0 Å². The van der Waals surface area contributed by atoms with Crippen molar-refractivity contribution >= 4 is 57.4 Å². The van der Waals surface area contributed by atoms with Crippen LogP contribution in [0.2, 0.25) is 0 Å². The molecule has 0 aliphatic rings. The van der Waals surface area contributed by atoms with Crippen LogP contribution in [0.15, 0.2) is 0 Å². The van der Waals surface area contributed by atoms with E-state index in [0.29, 0.717) is 6.16 Å². The zero-order valence-electron chi connectivity index (χ0n) is 6.11. The van der Waals surface area contributed by atoms with Crippen molar-refractivity contribution in [1.82, 2.24) is 9.95 Å². The first-order chi connectivity index (χ1) is 4.83. The van der Waals surface area contributed by atoms with E-state index >= 15 is 0 Å². The molecule has 11 heavy (non-hydrogen) atoms. The fourth-order valence-corrected chi connectivity index (χ4v) is 8.50. The quantitative estimate of drug-likeness (QED) is 0.752. The highest BCUT2D eigenvalue weighted by molar-refractivity contribution is 8.26. The van der Waals surface area contributed by atoms with Gasteiger partial charge in [-0.25, -0.2) is 0 Å². The van der Waals surface area contributed by atoms with Crippen LogP contribution in [0.4, 0.5) is 0 Å². The third kappa shape index (κ3) is 6.07. The monoisotopic (exact) mass is 276 g/mol. The summed E-state index contributed by atoms with van der Waals surface area (Å²) in [6.07, 6.45) is -3.84. The Morgan fingerprint density at radius 2 is 1.64 bits per heavy atom. The SMILES string of the molecule is CC[P+](Cl)(Cl)N[P+](Cl)(Cl)NC. The predicted octanol–water partition coefficient (Wildman–Crippen LogP) is 4.21. The number of nitrogens with one attached hydrogen (secondary N) is 2. The zero-order valence-corrected chi connectivity index (χ0v) is 10.9. The van der Waals surface area contributed by atoms with Gasteiger partial charge in [0.15, 0.2) is 22.5 Å². The molecule has 0 aromatic heterocycles. The first-order valence-electron chi connectivity index (χ1n) is 2.87. The Labute approximate surface area is 87.3 Å². The average molecular weight is 278 g/mol. The molecular weight excluding hydrogens is 268 g/mol. The Hall–Kier alpha value is 1.94. The smallest absolute Gasteiger partial charge is 0.147 e. The summed E-state index contributed by atoms with van der Waals surface area (Å²) in [5.41, 5.74) is 0. The van der Waals surface area contributed by atoms with Crippen LogP contribution >= 0.6 is 57.4 Å². The van der Waals surface area contributed by atoms with Crippen LogP contribution < -0.4 is 9.95 Å². The van der Waals surface area contributed by atoms with Gasteiger partial charge >= 0.3 is 12.4 Å². The lowest BCUT2D eigenvalue weighted by Crippen LogP contribution is -2.14. The van der Waals surface area contributed by atoms with Crippen molar-refractivity contribution in [3.8, 4) is 0 Å². The lowest BCUT2D eigenvalue weighted by molar-refractivity contribution is 1.24. The molecule has 0 radical (unpaired) electrons. The predicted molar refractivity (Wildman–Crippen MR) is 60.0 cm³/mol. The Balaban J connectivity index is 4.02. The topological polar surface area (TPSA) is 24.1 Å². The maximum absolute atomic E-state index is 5.87. The fourth-order valence-electron chi connectivity index (χ4n) is 0.304. The van der Waals surface area contributed by atoms with E-state index in [1.807, 2.05) is 6.92 Å². The van der Waals surface area contributed by atoms with E-state index in [2.05, 4.69) is 9.95 Å². The lowest BCUT2D eigenvalue weighted by Gasteiger charge is -2.11. The summed E-state index contributed by atoms with van der Waals surface area (Å²) in [6.45, 7) is 1.88. The molecule has 0 saturated carbocycles. The number of halogens is 4. The third-order valence-corrected chi connectivity index (χ3v) is 9.65. The molecule has 8 heteroatoms. The van der Waals surface area contributed by atoms with E-state index in [4.69, 9.17) is 45.0 Å². The molecule has 2 nitrogen and oxygen atoms in total. The molecule has 0 spiro atoms. The second-order valence-electron chi connectivity index (χ2n) is 1.78. The van der Waals surface area contributed by atoms with Gasteiger partial charge in [0.05, 0.1) is 0 Å². The number of hydrogen-bond acceptors (Lipinski definition) is 2. The van der Waals surface area contributed by atoms with Crippen molar-refractivity contribution in [3.63, 3.8) is 0 Å². The summed E-state index contributed by atoms with van der Waals surface area (Å²) in [5, 5.41) is 2.72. The van der Waals surface area contributed by atoms with Gasteiger partial charge in [-0.1, -0.05) is 0 Å². The van der Waals surface area contributed by atoms with Crippen LogP contribution in [-0.2, 0) is 0 Å². The largest absolute Gasteiger partial charge is 0.385 e. The molecule has 0 aromatic carbocycles. The maximum Gasteiger partial charge on any atom is 0.385 e. The normalized spacial score (nSPS) is 13.6. The molecule has 0 amide bonds. The van der Waals surface area contributed by atoms with Crippen molar-refractivity contribution in [2.45, 2.75) is 6.92 Å². The number of hydrogen-bond donors (Lipinski definition) is 2. The second-order valence-corrected chi connectivity index (χ2v) is 13.5. The van der Waals surface area contributed by atoms with Crippen LogP contribution in [0.1, 0.15) is 6.92 Å². The third-order valence-electron chi connectivity index (χ3n) is 0.950. The van der Waals surface area contributed by atoms with E-state index in [1.54, 1.807) is 7.05 Å². The summed E-state index contributed by atoms with van der Waals surface area (Å²) >= 11 is 23.3. The van der Waals surface area contributed by atoms with Gasteiger partial charge in [-0.15, -0.1) is 5.09 Å². The molecule has 0 atom stereocenters. The van der Waals surface area contributed by atoms with Gasteiger partial charge in [-0.05, 0) is 6.92 Å². The number of rotatable bonds is 4. The molecule has 0 rings (SSSR count). The van der Waals surface area contributed by atoms with Gasteiger partial charge in [-0.2, -0.15) is 0 Å². The minimum atomic E-state index is -2.33. The van der Waals surface area contributed by atoms with Crippen molar-refractivity contribution < 1.29 is 0 Å². The first-order valence-corrected chi connectivity index (χ1v) is 10.3. The zero-order chi connectivity index (χ0) is 9.12. The average Bonchev–Trinajstić information content (AvgIpc) is 1.86. The van der Waals surface area contributed by atoms with Gasteiger partial charge in [-0.3, -0.25) is 0 Å². The van der Waals surface area contributed by atoms with Crippen LogP contribution in [0.3, 0.4) is 0 Å². The highest BCUT2D eigenvalue weighted by Gasteiger charge is 2.49. The summed E-state index contributed by atoms with van der Waals surface area (Å²) in [4.78, 5) is 2.80. The van der Waals surface area contributed by atoms with E-state index in [9.17, 15) is 0 Å². The highest BCUT2D eigenvalue weighted by atomic mass is 35.9. The van der Waals surface area contributed by atoms with Crippen molar-refractivity contribution in [1.29, 1.82) is 0 Å². The molecule has 2 N–H and O–H groups in total. The van der Waals surface area contributed by atoms with Crippen LogP contribution in [0.5, 0.6) is 0 Å². The van der Waals surface area contributed by atoms with E-state index in [-0.39, 0.29) is 0 Å². The van der Waals surface area contributed by atoms with Crippen LogP contribution in [-0.4, -0.2) is 13.2 Å². The Bertz CT molecular complexity index is 117.